The Morgan fingerprint density at radius 1 is 1.28 bits per heavy atom. The summed E-state index contributed by atoms with van der Waals surface area (Å²) in [6.45, 7) is 2.76. The highest BCUT2D eigenvalue weighted by Gasteiger charge is 2.37. The highest BCUT2D eigenvalue weighted by Crippen LogP contribution is 2.33. The van der Waals surface area contributed by atoms with Crippen LogP contribution < -0.4 is 0 Å². The van der Waals surface area contributed by atoms with Gasteiger partial charge in [-0.05, 0) is 31.0 Å². The van der Waals surface area contributed by atoms with Crippen molar-refractivity contribution in [3.63, 3.8) is 0 Å². The monoisotopic (exact) mass is 334 g/mol. The molecule has 1 saturated heterocycles. The Morgan fingerprint density at radius 3 is 2.80 bits per heavy atom. The number of hydrogen-bond donors (Lipinski definition) is 0. The number of pyridine rings is 1. The fourth-order valence-electron chi connectivity index (χ4n) is 2.91. The first-order valence-corrected chi connectivity index (χ1v) is 8.30. The van der Waals surface area contributed by atoms with Gasteiger partial charge in [0.2, 0.25) is 17.6 Å². The van der Waals surface area contributed by atoms with Crippen LogP contribution in [0.5, 0.6) is 0 Å². The van der Waals surface area contributed by atoms with Crippen molar-refractivity contribution >= 4 is 5.91 Å². The van der Waals surface area contributed by atoms with Crippen LogP contribution in [0.2, 0.25) is 0 Å². The van der Waals surface area contributed by atoms with Gasteiger partial charge >= 0.3 is 0 Å². The van der Waals surface area contributed by atoms with Gasteiger partial charge in [0.05, 0.1) is 6.42 Å². The summed E-state index contributed by atoms with van der Waals surface area (Å²) in [6, 6.07) is 11.6. The Bertz CT molecular complexity index is 874. The number of amides is 1. The van der Waals surface area contributed by atoms with Crippen LogP contribution in [0.25, 0.3) is 11.4 Å². The zero-order chi connectivity index (χ0) is 17.2. The van der Waals surface area contributed by atoms with Crippen molar-refractivity contribution in [1.82, 2.24) is 20.0 Å². The molecule has 6 nitrogen and oxygen atoms in total. The maximum atomic E-state index is 12.6. The molecule has 0 spiro atoms. The van der Waals surface area contributed by atoms with E-state index in [2.05, 4.69) is 15.1 Å². The van der Waals surface area contributed by atoms with Gasteiger partial charge in [-0.15, -0.1) is 0 Å². The molecule has 1 aliphatic rings. The summed E-state index contributed by atoms with van der Waals surface area (Å²) in [5.74, 6) is 1.07. The van der Waals surface area contributed by atoms with Crippen molar-refractivity contribution in [3.8, 4) is 11.4 Å². The third-order valence-electron chi connectivity index (χ3n) is 4.46. The Labute approximate surface area is 145 Å². The number of hydrogen-bond acceptors (Lipinski definition) is 5. The second-order valence-corrected chi connectivity index (χ2v) is 6.25. The van der Waals surface area contributed by atoms with Crippen LogP contribution in [-0.4, -0.2) is 32.5 Å². The molecule has 3 aromatic rings. The molecule has 0 N–H and O–H groups in total. The number of nitrogens with zero attached hydrogens (tertiary/aromatic N) is 4. The van der Waals surface area contributed by atoms with E-state index in [1.807, 2.05) is 43.3 Å². The molecule has 0 bridgehead atoms. The summed E-state index contributed by atoms with van der Waals surface area (Å²) in [6.07, 6.45) is 4.62. The number of likely N-dealkylation sites (tertiary alicyclic amines) is 1. The van der Waals surface area contributed by atoms with Gasteiger partial charge in [-0.25, -0.2) is 0 Å². The zero-order valence-corrected chi connectivity index (χ0v) is 13.9. The smallest absolute Gasteiger partial charge is 0.249 e. The second kappa shape index (κ2) is 6.47. The number of carbonyl (C=O) groups excluding carboxylic acids is 1. The van der Waals surface area contributed by atoms with E-state index in [-0.39, 0.29) is 11.9 Å². The number of carbonyl (C=O) groups is 1. The Hall–Kier alpha value is -3.02. The first-order valence-electron chi connectivity index (χ1n) is 8.30. The molecule has 3 heterocycles. The minimum absolute atomic E-state index is 0.0845. The maximum absolute atomic E-state index is 12.6. The highest BCUT2D eigenvalue weighted by atomic mass is 16.5. The van der Waals surface area contributed by atoms with Gasteiger partial charge in [0.15, 0.2) is 0 Å². The molecule has 6 heteroatoms. The molecular formula is C19H18N4O2. The van der Waals surface area contributed by atoms with Crippen LogP contribution in [0.1, 0.15) is 29.5 Å². The van der Waals surface area contributed by atoms with Crippen molar-refractivity contribution in [3.05, 3.63) is 65.8 Å². The molecule has 0 aliphatic carbocycles. The molecular weight excluding hydrogens is 316 g/mol. The first-order chi connectivity index (χ1) is 12.2. The molecule has 1 fully saturated rings. The molecule has 2 aromatic heterocycles. The second-order valence-electron chi connectivity index (χ2n) is 6.25. The summed E-state index contributed by atoms with van der Waals surface area (Å²) in [7, 11) is 0. The van der Waals surface area contributed by atoms with E-state index in [4.69, 9.17) is 4.52 Å². The summed E-state index contributed by atoms with van der Waals surface area (Å²) >= 11 is 0. The highest BCUT2D eigenvalue weighted by molar-refractivity contribution is 5.80. The third-order valence-corrected chi connectivity index (χ3v) is 4.46. The summed E-state index contributed by atoms with van der Waals surface area (Å²) in [5.41, 5.74) is 3.00. The fourth-order valence-corrected chi connectivity index (χ4v) is 2.91. The molecule has 0 radical (unpaired) electrons. The number of aryl methyl sites for hydroxylation is 1. The third kappa shape index (κ3) is 3.15. The predicted octanol–water partition coefficient (Wildman–Crippen LogP) is 2.96. The number of benzene rings is 1. The van der Waals surface area contributed by atoms with Gasteiger partial charge in [-0.3, -0.25) is 9.78 Å². The van der Waals surface area contributed by atoms with E-state index in [1.54, 1.807) is 17.3 Å². The Kier molecular flexibility index (Phi) is 4.01. The fraction of sp³-hybridized carbons (Fsp3) is 0.263. The lowest BCUT2D eigenvalue weighted by molar-refractivity contribution is -0.139. The van der Waals surface area contributed by atoms with Crippen LogP contribution in [0.4, 0.5) is 0 Å². The molecule has 1 aromatic carbocycles. The molecule has 1 amide bonds. The molecule has 4 rings (SSSR count). The van der Waals surface area contributed by atoms with E-state index < -0.39 is 0 Å². The van der Waals surface area contributed by atoms with Gasteiger partial charge in [0.25, 0.3) is 0 Å². The molecule has 25 heavy (non-hydrogen) atoms. The van der Waals surface area contributed by atoms with Crippen molar-refractivity contribution in [2.24, 2.45) is 0 Å². The van der Waals surface area contributed by atoms with Crippen LogP contribution in [0.15, 0.2) is 53.3 Å². The number of rotatable bonds is 4. The summed E-state index contributed by atoms with van der Waals surface area (Å²) < 4.78 is 5.39. The standard InChI is InChI=1S/C19H18N4O2/c1-13-4-6-14(7-5-13)11-17(24)23-10-8-16(23)19-21-18(22-25-19)15-3-2-9-20-12-15/h2-7,9,12,16H,8,10-11H2,1H3/t16-/m1/s1. The van der Waals surface area contributed by atoms with Crippen molar-refractivity contribution in [1.29, 1.82) is 0 Å². The van der Waals surface area contributed by atoms with Crippen molar-refractivity contribution in [2.45, 2.75) is 25.8 Å². The van der Waals surface area contributed by atoms with E-state index >= 15 is 0 Å². The average Bonchev–Trinajstić information content (AvgIpc) is 3.06. The van der Waals surface area contributed by atoms with Gasteiger partial charge in [-0.1, -0.05) is 35.0 Å². The Balaban J connectivity index is 1.46. The van der Waals surface area contributed by atoms with Crippen LogP contribution in [-0.2, 0) is 11.2 Å². The molecule has 1 aliphatic heterocycles. The van der Waals surface area contributed by atoms with E-state index in [1.165, 1.54) is 5.56 Å². The Morgan fingerprint density at radius 2 is 2.12 bits per heavy atom. The first kappa shape index (κ1) is 15.5. The van der Waals surface area contributed by atoms with Crippen molar-refractivity contribution < 1.29 is 9.32 Å². The maximum Gasteiger partial charge on any atom is 0.249 e. The lowest BCUT2D eigenvalue weighted by atomic mass is 10.0. The van der Waals surface area contributed by atoms with Gasteiger partial charge in [-0.2, -0.15) is 4.98 Å². The summed E-state index contributed by atoms with van der Waals surface area (Å²) in [5, 5.41) is 4.01. The van der Waals surface area contributed by atoms with Crippen LogP contribution in [0.3, 0.4) is 0 Å². The molecule has 0 unspecified atom stereocenters. The lowest BCUT2D eigenvalue weighted by Gasteiger charge is -2.38. The quantitative estimate of drug-likeness (QED) is 0.733. The minimum Gasteiger partial charge on any atom is -0.337 e. The van der Waals surface area contributed by atoms with Crippen molar-refractivity contribution in [2.75, 3.05) is 6.54 Å². The average molecular weight is 334 g/mol. The summed E-state index contributed by atoms with van der Waals surface area (Å²) in [4.78, 5) is 22.9. The largest absolute Gasteiger partial charge is 0.337 e. The predicted molar refractivity (Wildman–Crippen MR) is 91.5 cm³/mol. The topological polar surface area (TPSA) is 72.1 Å². The lowest BCUT2D eigenvalue weighted by Crippen LogP contribution is -2.46. The van der Waals surface area contributed by atoms with E-state index in [9.17, 15) is 4.79 Å². The van der Waals surface area contributed by atoms with Gasteiger partial charge in [0, 0.05) is 24.5 Å². The minimum atomic E-state index is -0.129. The van der Waals surface area contributed by atoms with Gasteiger partial charge < -0.3 is 9.42 Å². The number of aromatic nitrogens is 3. The molecule has 1 atom stereocenters. The van der Waals surface area contributed by atoms with Crippen LogP contribution in [0, 0.1) is 6.92 Å². The zero-order valence-electron chi connectivity index (χ0n) is 13.9. The SMILES string of the molecule is Cc1ccc(CC(=O)N2CC[C@@H]2c2nc(-c3cccnc3)no2)cc1. The van der Waals surface area contributed by atoms with E-state index in [0.717, 1.165) is 24.1 Å². The molecule has 126 valence electrons. The van der Waals surface area contributed by atoms with Crippen LogP contribution >= 0.6 is 0 Å². The molecule has 0 saturated carbocycles. The van der Waals surface area contributed by atoms with Gasteiger partial charge in [0.1, 0.15) is 6.04 Å². The normalized spacial score (nSPS) is 16.5. The van der Waals surface area contributed by atoms with E-state index in [0.29, 0.717) is 18.1 Å².